The molecule has 2 heterocycles. The molecular formula is C17H26N2O2. The fourth-order valence-corrected chi connectivity index (χ4v) is 3.13. The maximum Gasteiger partial charge on any atom is 0.335 e. The van der Waals surface area contributed by atoms with Gasteiger partial charge in [0.15, 0.2) is 0 Å². The van der Waals surface area contributed by atoms with Crippen LogP contribution >= 0.6 is 0 Å². The number of carbonyl (C=O) groups is 1. The number of pyridine rings is 1. The van der Waals surface area contributed by atoms with E-state index in [0.717, 1.165) is 37.3 Å². The highest BCUT2D eigenvalue weighted by molar-refractivity contribution is 5.88. The molecule has 0 spiro atoms. The van der Waals surface area contributed by atoms with E-state index in [0.29, 0.717) is 11.6 Å². The van der Waals surface area contributed by atoms with Crippen LogP contribution in [-0.2, 0) is 6.42 Å². The van der Waals surface area contributed by atoms with Gasteiger partial charge < -0.3 is 10.0 Å². The standard InChI is InChI=1S/C17H26N2O2/c1-3-8-14-11-13(17(20)21)12-16(18-14)19-10-7-5-6-9-15(19)4-2/h11-12,15H,3-10H2,1-2H3,(H,20,21). The molecule has 0 amide bonds. The highest BCUT2D eigenvalue weighted by Crippen LogP contribution is 2.26. The number of aromatic carboxylic acids is 1. The third-order valence-electron chi connectivity index (χ3n) is 4.26. The molecule has 4 nitrogen and oxygen atoms in total. The van der Waals surface area contributed by atoms with Crippen molar-refractivity contribution in [3.63, 3.8) is 0 Å². The third kappa shape index (κ3) is 3.96. The Balaban J connectivity index is 2.37. The normalized spacial score (nSPS) is 19.3. The fraction of sp³-hybridized carbons (Fsp3) is 0.647. The van der Waals surface area contributed by atoms with Crippen LogP contribution in [0.1, 0.15) is 68.4 Å². The molecule has 1 atom stereocenters. The second kappa shape index (κ2) is 7.43. The number of aryl methyl sites for hydroxylation is 1. The number of carboxylic acid groups (broad SMARTS) is 1. The Labute approximate surface area is 127 Å². The van der Waals surface area contributed by atoms with Crippen molar-refractivity contribution in [2.24, 2.45) is 0 Å². The van der Waals surface area contributed by atoms with Crippen molar-refractivity contribution < 1.29 is 9.90 Å². The number of nitrogens with zero attached hydrogens (tertiary/aromatic N) is 2. The van der Waals surface area contributed by atoms with Gasteiger partial charge in [-0.05, 0) is 37.8 Å². The van der Waals surface area contributed by atoms with E-state index in [4.69, 9.17) is 4.98 Å². The maximum absolute atomic E-state index is 11.4. The van der Waals surface area contributed by atoms with Crippen LogP contribution in [0, 0.1) is 0 Å². The lowest BCUT2D eigenvalue weighted by atomic mass is 10.1. The maximum atomic E-state index is 11.4. The summed E-state index contributed by atoms with van der Waals surface area (Å²) in [7, 11) is 0. The van der Waals surface area contributed by atoms with Crippen molar-refractivity contribution in [1.29, 1.82) is 0 Å². The van der Waals surface area contributed by atoms with Crippen molar-refractivity contribution in [3.05, 3.63) is 23.4 Å². The molecule has 0 aliphatic carbocycles. The van der Waals surface area contributed by atoms with Crippen LogP contribution in [0.4, 0.5) is 5.82 Å². The molecule has 0 bridgehead atoms. The summed E-state index contributed by atoms with van der Waals surface area (Å²) in [5, 5.41) is 9.33. The van der Waals surface area contributed by atoms with Gasteiger partial charge in [-0.3, -0.25) is 0 Å². The molecule has 2 rings (SSSR count). The second-order valence-corrected chi connectivity index (χ2v) is 5.87. The molecule has 1 saturated heterocycles. The molecule has 0 radical (unpaired) electrons. The van der Waals surface area contributed by atoms with Gasteiger partial charge in [-0.25, -0.2) is 9.78 Å². The molecule has 1 N–H and O–H groups in total. The van der Waals surface area contributed by atoms with E-state index < -0.39 is 5.97 Å². The minimum absolute atomic E-state index is 0.363. The van der Waals surface area contributed by atoms with Gasteiger partial charge >= 0.3 is 5.97 Å². The average molecular weight is 290 g/mol. The lowest BCUT2D eigenvalue weighted by Gasteiger charge is -2.31. The minimum atomic E-state index is -0.862. The lowest BCUT2D eigenvalue weighted by molar-refractivity contribution is 0.0696. The third-order valence-corrected chi connectivity index (χ3v) is 4.26. The van der Waals surface area contributed by atoms with Gasteiger partial charge in [-0.15, -0.1) is 0 Å². The molecule has 0 aromatic carbocycles. The van der Waals surface area contributed by atoms with Crippen molar-refractivity contribution in [1.82, 2.24) is 4.98 Å². The molecule has 0 saturated carbocycles. The molecule has 1 aromatic heterocycles. The number of anilines is 1. The lowest BCUT2D eigenvalue weighted by Crippen LogP contribution is -2.35. The van der Waals surface area contributed by atoms with Crippen molar-refractivity contribution in [2.45, 2.75) is 64.8 Å². The Hall–Kier alpha value is -1.58. The summed E-state index contributed by atoms with van der Waals surface area (Å²) in [6, 6.07) is 3.95. The van der Waals surface area contributed by atoms with Crippen LogP contribution in [0.5, 0.6) is 0 Å². The number of carboxylic acids is 1. The fourth-order valence-electron chi connectivity index (χ4n) is 3.13. The summed E-state index contributed by atoms with van der Waals surface area (Å²) in [6.07, 6.45) is 7.76. The Morgan fingerprint density at radius 2 is 2.14 bits per heavy atom. The van der Waals surface area contributed by atoms with Gasteiger partial charge in [0.1, 0.15) is 5.82 Å². The zero-order chi connectivity index (χ0) is 15.2. The van der Waals surface area contributed by atoms with Crippen LogP contribution in [0.25, 0.3) is 0 Å². The van der Waals surface area contributed by atoms with E-state index in [1.165, 1.54) is 25.7 Å². The molecule has 1 fully saturated rings. The van der Waals surface area contributed by atoms with Crippen LogP contribution in [0.2, 0.25) is 0 Å². The first-order chi connectivity index (χ1) is 10.2. The Morgan fingerprint density at radius 1 is 1.33 bits per heavy atom. The molecular weight excluding hydrogens is 264 g/mol. The predicted molar refractivity (Wildman–Crippen MR) is 85.1 cm³/mol. The first-order valence-electron chi connectivity index (χ1n) is 8.16. The molecule has 1 aromatic rings. The van der Waals surface area contributed by atoms with Gasteiger partial charge in [0.25, 0.3) is 0 Å². The van der Waals surface area contributed by atoms with E-state index >= 15 is 0 Å². The first kappa shape index (κ1) is 15.8. The zero-order valence-corrected chi connectivity index (χ0v) is 13.1. The number of hydrogen-bond donors (Lipinski definition) is 1. The average Bonchev–Trinajstić information content (AvgIpc) is 2.72. The van der Waals surface area contributed by atoms with E-state index in [-0.39, 0.29) is 0 Å². The largest absolute Gasteiger partial charge is 0.478 e. The van der Waals surface area contributed by atoms with E-state index in [2.05, 4.69) is 18.7 Å². The van der Waals surface area contributed by atoms with Gasteiger partial charge in [0.05, 0.1) is 5.56 Å². The van der Waals surface area contributed by atoms with E-state index in [1.807, 2.05) is 0 Å². The molecule has 1 aliphatic rings. The quantitative estimate of drug-likeness (QED) is 0.893. The second-order valence-electron chi connectivity index (χ2n) is 5.87. The van der Waals surface area contributed by atoms with Gasteiger partial charge in [-0.2, -0.15) is 0 Å². The van der Waals surface area contributed by atoms with E-state index in [9.17, 15) is 9.90 Å². The first-order valence-corrected chi connectivity index (χ1v) is 8.16. The van der Waals surface area contributed by atoms with Crippen molar-refractivity contribution >= 4 is 11.8 Å². The molecule has 21 heavy (non-hydrogen) atoms. The Bertz CT molecular complexity index is 488. The van der Waals surface area contributed by atoms with Gasteiger partial charge in [-0.1, -0.05) is 33.1 Å². The summed E-state index contributed by atoms with van der Waals surface area (Å²) in [6.45, 7) is 5.28. The Kier molecular flexibility index (Phi) is 5.59. The number of rotatable bonds is 5. The van der Waals surface area contributed by atoms with Crippen molar-refractivity contribution in [3.8, 4) is 0 Å². The Morgan fingerprint density at radius 3 is 2.81 bits per heavy atom. The summed E-state index contributed by atoms with van der Waals surface area (Å²) in [5.74, 6) is -0.00836. The summed E-state index contributed by atoms with van der Waals surface area (Å²) in [5.41, 5.74) is 1.26. The smallest absolute Gasteiger partial charge is 0.335 e. The predicted octanol–water partition coefficient (Wildman–Crippen LogP) is 3.89. The van der Waals surface area contributed by atoms with Crippen molar-refractivity contribution in [2.75, 3.05) is 11.4 Å². The van der Waals surface area contributed by atoms with E-state index in [1.54, 1.807) is 12.1 Å². The summed E-state index contributed by atoms with van der Waals surface area (Å²) < 4.78 is 0. The van der Waals surface area contributed by atoms with Crippen LogP contribution in [0.15, 0.2) is 12.1 Å². The molecule has 1 aliphatic heterocycles. The molecule has 4 heteroatoms. The van der Waals surface area contributed by atoms with Gasteiger partial charge in [0.2, 0.25) is 0 Å². The topological polar surface area (TPSA) is 53.4 Å². The minimum Gasteiger partial charge on any atom is -0.478 e. The zero-order valence-electron chi connectivity index (χ0n) is 13.1. The SMILES string of the molecule is CCCc1cc(C(=O)O)cc(N2CCCCCC2CC)n1. The highest BCUT2D eigenvalue weighted by Gasteiger charge is 2.22. The monoisotopic (exact) mass is 290 g/mol. The summed E-state index contributed by atoms with van der Waals surface area (Å²) in [4.78, 5) is 18.4. The van der Waals surface area contributed by atoms with Crippen LogP contribution in [0.3, 0.4) is 0 Å². The van der Waals surface area contributed by atoms with Crippen LogP contribution in [-0.4, -0.2) is 28.6 Å². The molecule has 1 unspecified atom stereocenters. The number of aromatic nitrogens is 1. The highest BCUT2D eigenvalue weighted by atomic mass is 16.4. The summed E-state index contributed by atoms with van der Waals surface area (Å²) >= 11 is 0. The molecule has 116 valence electrons. The number of hydrogen-bond acceptors (Lipinski definition) is 3. The van der Waals surface area contributed by atoms with Crippen LogP contribution < -0.4 is 4.90 Å². The van der Waals surface area contributed by atoms with Gasteiger partial charge in [0, 0.05) is 18.3 Å².